The van der Waals surface area contributed by atoms with E-state index in [1.165, 1.54) is 0 Å². The molecule has 1 fully saturated rings. The number of nitrogens with two attached hydrogens (primary N) is 1. The smallest absolute Gasteiger partial charge is 0.278 e. The number of carbonyl (C=O) groups excluding carboxylic acids is 1. The van der Waals surface area contributed by atoms with Crippen LogP contribution in [-0.2, 0) is 22.6 Å². The molecule has 8 nitrogen and oxygen atoms in total. The van der Waals surface area contributed by atoms with Gasteiger partial charge in [0.2, 0.25) is 6.79 Å². The fourth-order valence-corrected chi connectivity index (χ4v) is 3.82. The highest BCUT2D eigenvalue weighted by molar-refractivity contribution is 5.77. The average molecular weight is 418 g/mol. The van der Waals surface area contributed by atoms with E-state index in [4.69, 9.17) is 18.6 Å². The van der Waals surface area contributed by atoms with Gasteiger partial charge in [-0.1, -0.05) is 6.07 Å². The molecular weight excluding hydrogens is 386 g/mol. The van der Waals surface area contributed by atoms with E-state index in [2.05, 4.69) is 5.32 Å². The van der Waals surface area contributed by atoms with Crippen LogP contribution in [0.25, 0.3) is 0 Å². The minimum atomic E-state index is 0.0960. The average Bonchev–Trinajstić information content (AvgIpc) is 3.39. The number of benzene rings is 1. The maximum Gasteiger partial charge on any atom is 0.278 e. The van der Waals surface area contributed by atoms with Crippen molar-refractivity contribution >= 4 is 5.91 Å². The number of nitrogens with zero attached hydrogens (tertiary/aromatic N) is 1. The van der Waals surface area contributed by atoms with E-state index in [0.29, 0.717) is 19.6 Å². The third kappa shape index (κ3) is 5.53. The third-order valence-electron chi connectivity index (χ3n) is 5.53. The van der Waals surface area contributed by atoms with Crippen LogP contribution in [0.2, 0.25) is 0 Å². The Morgan fingerprint density at radius 1 is 1.10 bits per heavy atom. The highest BCUT2D eigenvalue weighted by atomic mass is 16.7. The van der Waals surface area contributed by atoms with Crippen molar-refractivity contribution in [2.75, 3.05) is 52.7 Å². The van der Waals surface area contributed by atoms with Gasteiger partial charge in [0, 0.05) is 6.54 Å². The highest BCUT2D eigenvalue weighted by Gasteiger charge is 2.21. The van der Waals surface area contributed by atoms with Crippen LogP contribution in [0.4, 0.5) is 0 Å². The zero-order valence-corrected chi connectivity index (χ0v) is 17.5. The lowest BCUT2D eigenvalue weighted by Gasteiger charge is -2.23. The molecule has 0 bridgehead atoms. The molecule has 8 heteroatoms. The Morgan fingerprint density at radius 3 is 2.73 bits per heavy atom. The van der Waals surface area contributed by atoms with Crippen molar-refractivity contribution in [3.63, 3.8) is 0 Å². The van der Waals surface area contributed by atoms with Gasteiger partial charge in [-0.3, -0.25) is 4.79 Å². The summed E-state index contributed by atoms with van der Waals surface area (Å²) in [4.78, 5) is 16.4. The van der Waals surface area contributed by atoms with Crippen LogP contribution in [0.15, 0.2) is 34.7 Å². The van der Waals surface area contributed by atoms with Gasteiger partial charge in [-0.2, -0.15) is 0 Å². The summed E-state index contributed by atoms with van der Waals surface area (Å²) >= 11 is 0. The summed E-state index contributed by atoms with van der Waals surface area (Å²) in [5.41, 5.74) is 1.01. The second kappa shape index (κ2) is 9.97. The molecule has 3 N–H and O–H groups in total. The lowest BCUT2D eigenvalue weighted by atomic mass is 10.2. The summed E-state index contributed by atoms with van der Waals surface area (Å²) < 4.78 is 22.0. The fraction of sp³-hybridized carbons (Fsp3) is 0.500. The summed E-state index contributed by atoms with van der Waals surface area (Å²) in [5, 5.41) is 2.10. The molecule has 2 aliphatic rings. The maximum absolute atomic E-state index is 13.0. The van der Waals surface area contributed by atoms with Crippen LogP contribution in [0.5, 0.6) is 11.5 Å². The first kappa shape index (κ1) is 20.7. The largest absolute Gasteiger partial charge is 0.464 e. The van der Waals surface area contributed by atoms with Gasteiger partial charge in [-0.25, -0.2) is 0 Å². The van der Waals surface area contributed by atoms with Gasteiger partial charge < -0.3 is 33.7 Å². The fourth-order valence-electron chi connectivity index (χ4n) is 3.82. The van der Waals surface area contributed by atoms with Gasteiger partial charge in [0.05, 0.1) is 19.8 Å². The van der Waals surface area contributed by atoms with Crippen molar-refractivity contribution < 1.29 is 33.6 Å². The molecule has 3 heterocycles. The number of aryl methyl sites for hydroxylation is 1. The molecule has 0 spiro atoms. The van der Waals surface area contributed by atoms with E-state index in [9.17, 15) is 4.79 Å². The Hall–Kier alpha value is -2.55. The van der Waals surface area contributed by atoms with E-state index < -0.39 is 0 Å². The Morgan fingerprint density at radius 2 is 1.93 bits per heavy atom. The summed E-state index contributed by atoms with van der Waals surface area (Å²) in [7, 11) is 0. The van der Waals surface area contributed by atoms with Crippen LogP contribution >= 0.6 is 0 Å². The van der Waals surface area contributed by atoms with Crippen molar-refractivity contribution in [3.8, 4) is 11.5 Å². The number of nitrogens with one attached hydrogen (secondary N) is 1. The molecule has 162 valence electrons. The van der Waals surface area contributed by atoms with Crippen molar-refractivity contribution in [2.45, 2.75) is 20.0 Å². The van der Waals surface area contributed by atoms with Crippen molar-refractivity contribution in [1.29, 1.82) is 0 Å². The molecule has 2 aromatic rings. The molecule has 2 aliphatic heterocycles. The highest BCUT2D eigenvalue weighted by Crippen LogP contribution is 2.32. The summed E-state index contributed by atoms with van der Waals surface area (Å²) in [6.07, 6.45) is 0. The number of ether oxygens (including phenoxy) is 3. The minimum Gasteiger partial charge on any atom is -0.464 e. The lowest BCUT2D eigenvalue weighted by molar-refractivity contribution is -0.919. The van der Waals surface area contributed by atoms with Crippen LogP contribution in [0.1, 0.15) is 17.1 Å². The quantitative estimate of drug-likeness (QED) is 0.529. The molecular formula is C22H31N3O5+2. The molecule has 0 aliphatic carbocycles. The molecule has 0 radical (unpaired) electrons. The standard InChI is InChI=1S/C22H29N3O5/c1-17-2-4-19(30-17)15-25(14-18-3-5-20-21(12-18)29-16-28-20)22(26)13-23-6-7-24-8-10-27-11-9-24/h2-5,12,23H,6-11,13-16H2,1H3/p+2. The number of rotatable bonds is 9. The molecule has 1 amide bonds. The van der Waals surface area contributed by atoms with Crippen LogP contribution < -0.4 is 19.7 Å². The number of quaternary nitrogens is 2. The normalized spacial score (nSPS) is 16.0. The van der Waals surface area contributed by atoms with Gasteiger partial charge in [-0.15, -0.1) is 0 Å². The first-order valence-corrected chi connectivity index (χ1v) is 10.6. The number of amides is 1. The molecule has 4 rings (SSSR count). The molecule has 0 unspecified atom stereocenters. The number of furan rings is 1. The summed E-state index contributed by atoms with van der Waals surface area (Å²) in [6.45, 7) is 9.28. The number of hydrogen-bond acceptors (Lipinski definition) is 5. The van der Waals surface area contributed by atoms with E-state index in [0.717, 1.165) is 68.0 Å². The number of carbonyl (C=O) groups is 1. The topological polar surface area (TPSA) is 82.2 Å². The van der Waals surface area contributed by atoms with Crippen LogP contribution in [-0.4, -0.2) is 63.5 Å². The SMILES string of the molecule is Cc1ccc(CN(Cc2ccc3c(c2)OCO3)C(=O)C[NH2+]CC[NH+]2CCOCC2)o1. The minimum absolute atomic E-state index is 0.0960. The third-order valence-corrected chi connectivity index (χ3v) is 5.53. The Labute approximate surface area is 176 Å². The van der Waals surface area contributed by atoms with Gasteiger partial charge in [0.15, 0.2) is 18.0 Å². The molecule has 0 atom stereocenters. The number of hydrogen-bond donors (Lipinski definition) is 2. The molecule has 0 saturated carbocycles. The second-order valence-electron chi connectivity index (χ2n) is 7.84. The maximum atomic E-state index is 13.0. The number of fused-ring (bicyclic) bond motifs is 1. The second-order valence-corrected chi connectivity index (χ2v) is 7.84. The van der Waals surface area contributed by atoms with Gasteiger partial charge >= 0.3 is 0 Å². The Balaban J connectivity index is 1.34. The molecule has 1 saturated heterocycles. The molecule has 1 aromatic heterocycles. The van der Waals surface area contributed by atoms with Crippen molar-refractivity contribution in [1.82, 2.24) is 4.90 Å². The monoisotopic (exact) mass is 417 g/mol. The van der Waals surface area contributed by atoms with Crippen LogP contribution in [0.3, 0.4) is 0 Å². The van der Waals surface area contributed by atoms with Crippen molar-refractivity contribution in [2.24, 2.45) is 0 Å². The van der Waals surface area contributed by atoms with Crippen molar-refractivity contribution in [3.05, 3.63) is 47.4 Å². The number of morpholine rings is 1. The first-order chi connectivity index (χ1) is 14.7. The summed E-state index contributed by atoms with van der Waals surface area (Å²) in [6, 6.07) is 9.68. The predicted octanol–water partition coefficient (Wildman–Crippen LogP) is -0.676. The lowest BCUT2D eigenvalue weighted by Crippen LogP contribution is -3.16. The zero-order chi connectivity index (χ0) is 20.8. The Bertz CT molecular complexity index is 847. The predicted molar refractivity (Wildman–Crippen MR) is 108 cm³/mol. The van der Waals surface area contributed by atoms with E-state index in [1.54, 1.807) is 4.90 Å². The van der Waals surface area contributed by atoms with E-state index >= 15 is 0 Å². The van der Waals surface area contributed by atoms with Gasteiger partial charge in [-0.05, 0) is 36.8 Å². The summed E-state index contributed by atoms with van der Waals surface area (Å²) in [5.74, 6) is 3.21. The van der Waals surface area contributed by atoms with Gasteiger partial charge in [0.25, 0.3) is 5.91 Å². The van der Waals surface area contributed by atoms with Crippen LogP contribution in [0, 0.1) is 6.92 Å². The van der Waals surface area contributed by atoms with Gasteiger partial charge in [0.1, 0.15) is 37.7 Å². The van der Waals surface area contributed by atoms with E-state index in [-0.39, 0.29) is 12.7 Å². The zero-order valence-electron chi connectivity index (χ0n) is 17.5. The first-order valence-electron chi connectivity index (χ1n) is 10.6. The Kier molecular flexibility index (Phi) is 6.88. The molecule has 1 aromatic carbocycles. The molecule has 30 heavy (non-hydrogen) atoms. The van der Waals surface area contributed by atoms with E-state index in [1.807, 2.05) is 42.2 Å².